The fraction of sp³-hybridized carbons (Fsp3) is 0.348. The lowest BCUT2D eigenvalue weighted by Crippen LogP contribution is -2.50. The van der Waals surface area contributed by atoms with Crippen LogP contribution in [0.4, 0.5) is 5.69 Å². The van der Waals surface area contributed by atoms with Crippen LogP contribution in [0.15, 0.2) is 53.4 Å². The van der Waals surface area contributed by atoms with Crippen molar-refractivity contribution in [3.63, 3.8) is 0 Å². The van der Waals surface area contributed by atoms with E-state index in [1.54, 1.807) is 12.0 Å². The van der Waals surface area contributed by atoms with Gasteiger partial charge in [-0.1, -0.05) is 24.3 Å². The molecule has 162 valence electrons. The summed E-state index contributed by atoms with van der Waals surface area (Å²) in [6.45, 7) is 1.29. The van der Waals surface area contributed by atoms with Gasteiger partial charge in [0.2, 0.25) is 17.7 Å². The maximum absolute atomic E-state index is 13.1. The van der Waals surface area contributed by atoms with Crippen molar-refractivity contribution >= 4 is 35.2 Å². The van der Waals surface area contributed by atoms with Crippen LogP contribution in [-0.2, 0) is 20.9 Å². The summed E-state index contributed by atoms with van der Waals surface area (Å²) in [6.07, 6.45) is 1.46. The normalized spacial score (nSPS) is 20.4. The van der Waals surface area contributed by atoms with Crippen LogP contribution >= 0.6 is 11.8 Å². The number of benzene rings is 2. The molecule has 1 saturated heterocycles. The SMILES string of the molecule is COc1cccc(CNC(=O)[C@@H]2CCCN(C(=O)[C@H]3Sc4ccccc4NC3=O)C2)c1. The van der Waals surface area contributed by atoms with Crippen molar-refractivity contribution in [2.75, 3.05) is 25.5 Å². The molecule has 0 aromatic heterocycles. The van der Waals surface area contributed by atoms with Gasteiger partial charge in [-0.3, -0.25) is 14.4 Å². The summed E-state index contributed by atoms with van der Waals surface area (Å²) >= 11 is 1.27. The highest BCUT2D eigenvalue weighted by atomic mass is 32.2. The molecule has 2 heterocycles. The van der Waals surface area contributed by atoms with Crippen LogP contribution < -0.4 is 15.4 Å². The number of hydrogen-bond donors (Lipinski definition) is 2. The predicted molar refractivity (Wildman–Crippen MR) is 119 cm³/mol. The van der Waals surface area contributed by atoms with E-state index in [1.165, 1.54) is 11.8 Å². The number of carbonyl (C=O) groups is 3. The van der Waals surface area contributed by atoms with Gasteiger partial charge >= 0.3 is 0 Å². The highest BCUT2D eigenvalue weighted by Crippen LogP contribution is 2.36. The summed E-state index contributed by atoms with van der Waals surface area (Å²) < 4.78 is 5.22. The van der Waals surface area contributed by atoms with Gasteiger partial charge in [0.25, 0.3) is 0 Å². The Bertz CT molecular complexity index is 996. The van der Waals surface area contributed by atoms with Crippen LogP contribution in [0.2, 0.25) is 0 Å². The Kier molecular flexibility index (Phi) is 6.46. The van der Waals surface area contributed by atoms with Crippen molar-refractivity contribution in [3.05, 3.63) is 54.1 Å². The number of ether oxygens (including phenoxy) is 1. The number of likely N-dealkylation sites (tertiary alicyclic amines) is 1. The molecule has 2 aliphatic rings. The predicted octanol–water partition coefficient (Wildman–Crippen LogP) is 2.66. The quantitative estimate of drug-likeness (QED) is 0.700. The number of methoxy groups -OCH3 is 1. The third-order valence-electron chi connectivity index (χ3n) is 5.56. The number of nitrogens with zero attached hydrogens (tertiary/aromatic N) is 1. The first-order valence-corrected chi connectivity index (χ1v) is 11.2. The minimum absolute atomic E-state index is 0.0774. The van der Waals surface area contributed by atoms with Gasteiger partial charge in [0.15, 0.2) is 5.25 Å². The van der Waals surface area contributed by atoms with E-state index in [0.717, 1.165) is 34.7 Å². The van der Waals surface area contributed by atoms with Crippen molar-refractivity contribution in [2.24, 2.45) is 5.92 Å². The smallest absolute Gasteiger partial charge is 0.247 e. The van der Waals surface area contributed by atoms with E-state index >= 15 is 0 Å². The standard InChI is InChI=1S/C23H25N3O4S/c1-30-17-8-4-6-15(12-17)13-24-21(27)16-7-5-11-26(14-16)23(29)20-22(28)25-18-9-2-3-10-19(18)31-20/h2-4,6,8-10,12,16,20H,5,7,11,13-14H2,1H3,(H,24,27)(H,25,28)/t16-,20+/m1/s1. The molecule has 1 fully saturated rings. The number of piperidine rings is 1. The van der Waals surface area contributed by atoms with Gasteiger partial charge in [0, 0.05) is 24.5 Å². The number of carbonyl (C=O) groups excluding carboxylic acids is 3. The third kappa shape index (κ3) is 4.85. The molecule has 7 nitrogen and oxygen atoms in total. The molecule has 0 unspecified atom stereocenters. The molecule has 0 aliphatic carbocycles. The zero-order valence-electron chi connectivity index (χ0n) is 17.3. The number of amides is 3. The Morgan fingerprint density at radius 1 is 1.23 bits per heavy atom. The zero-order valence-corrected chi connectivity index (χ0v) is 18.1. The van der Waals surface area contributed by atoms with E-state index in [4.69, 9.17) is 4.74 Å². The van der Waals surface area contributed by atoms with E-state index in [1.807, 2.05) is 48.5 Å². The molecule has 0 bridgehead atoms. The van der Waals surface area contributed by atoms with Gasteiger partial charge in [-0.05, 0) is 42.7 Å². The summed E-state index contributed by atoms with van der Waals surface area (Å²) in [5.74, 6) is -0.162. The van der Waals surface area contributed by atoms with Gasteiger partial charge < -0.3 is 20.3 Å². The molecule has 4 rings (SSSR count). The van der Waals surface area contributed by atoms with Gasteiger partial charge in [0.05, 0.1) is 18.7 Å². The minimum Gasteiger partial charge on any atom is -0.497 e. The first-order valence-electron chi connectivity index (χ1n) is 10.3. The summed E-state index contributed by atoms with van der Waals surface area (Å²) in [5, 5.41) is 4.95. The third-order valence-corrected chi connectivity index (χ3v) is 6.82. The van der Waals surface area contributed by atoms with Crippen molar-refractivity contribution in [1.82, 2.24) is 10.2 Å². The summed E-state index contributed by atoms with van der Waals surface area (Å²) in [4.78, 5) is 40.9. The molecule has 2 N–H and O–H groups in total. The number of fused-ring (bicyclic) bond motifs is 1. The topological polar surface area (TPSA) is 87.7 Å². The Labute approximate surface area is 185 Å². The van der Waals surface area contributed by atoms with Crippen molar-refractivity contribution in [2.45, 2.75) is 29.5 Å². The summed E-state index contributed by atoms with van der Waals surface area (Å²) in [6, 6.07) is 15.0. The van der Waals surface area contributed by atoms with E-state index in [9.17, 15) is 14.4 Å². The number of nitrogens with one attached hydrogen (secondary N) is 2. The van der Waals surface area contributed by atoms with Gasteiger partial charge in [-0.25, -0.2) is 0 Å². The second-order valence-corrected chi connectivity index (χ2v) is 8.82. The van der Waals surface area contributed by atoms with Crippen molar-refractivity contribution in [1.29, 1.82) is 0 Å². The fourth-order valence-electron chi connectivity index (χ4n) is 3.89. The molecular formula is C23H25N3O4S. The van der Waals surface area contributed by atoms with Crippen molar-refractivity contribution < 1.29 is 19.1 Å². The molecule has 3 amide bonds. The van der Waals surface area contributed by atoms with Gasteiger partial charge in [-0.15, -0.1) is 11.8 Å². The van der Waals surface area contributed by atoms with Crippen LogP contribution in [0.25, 0.3) is 0 Å². The van der Waals surface area contributed by atoms with Crippen LogP contribution in [0.5, 0.6) is 5.75 Å². The van der Waals surface area contributed by atoms with Crippen LogP contribution in [-0.4, -0.2) is 48.1 Å². The molecule has 8 heteroatoms. The molecule has 2 aliphatic heterocycles. The van der Waals surface area contributed by atoms with E-state index < -0.39 is 5.25 Å². The molecule has 0 spiro atoms. The maximum atomic E-state index is 13.1. The lowest BCUT2D eigenvalue weighted by atomic mass is 9.96. The van der Waals surface area contributed by atoms with Gasteiger partial charge in [-0.2, -0.15) is 0 Å². The highest BCUT2D eigenvalue weighted by molar-refractivity contribution is 8.01. The molecule has 0 radical (unpaired) electrons. The lowest BCUT2D eigenvalue weighted by Gasteiger charge is -2.35. The molecule has 2 aromatic carbocycles. The average molecular weight is 440 g/mol. The highest BCUT2D eigenvalue weighted by Gasteiger charge is 2.38. The van der Waals surface area contributed by atoms with E-state index in [2.05, 4.69) is 10.6 Å². The second kappa shape index (κ2) is 9.43. The van der Waals surface area contributed by atoms with Gasteiger partial charge in [0.1, 0.15) is 5.75 Å². The largest absolute Gasteiger partial charge is 0.497 e. The Balaban J connectivity index is 1.36. The Morgan fingerprint density at radius 2 is 2.06 bits per heavy atom. The molecule has 2 aromatic rings. The number of thioether (sulfide) groups is 1. The molecular weight excluding hydrogens is 414 g/mol. The number of hydrogen-bond acceptors (Lipinski definition) is 5. The first-order chi connectivity index (χ1) is 15.0. The minimum atomic E-state index is -0.825. The maximum Gasteiger partial charge on any atom is 0.247 e. The number of para-hydroxylation sites is 1. The fourth-order valence-corrected chi connectivity index (χ4v) is 4.96. The average Bonchev–Trinajstić information content (AvgIpc) is 2.81. The number of rotatable bonds is 5. The molecule has 31 heavy (non-hydrogen) atoms. The van der Waals surface area contributed by atoms with Crippen molar-refractivity contribution in [3.8, 4) is 5.75 Å². The second-order valence-electron chi connectivity index (χ2n) is 7.68. The number of anilines is 1. The van der Waals surface area contributed by atoms with E-state index in [-0.39, 0.29) is 23.6 Å². The van der Waals surface area contributed by atoms with E-state index in [0.29, 0.717) is 19.6 Å². The molecule has 2 atom stereocenters. The monoisotopic (exact) mass is 439 g/mol. The first kappa shape index (κ1) is 21.2. The van der Waals surface area contributed by atoms with Crippen LogP contribution in [0.1, 0.15) is 18.4 Å². The lowest BCUT2D eigenvalue weighted by molar-refractivity contribution is -0.137. The van der Waals surface area contributed by atoms with Crippen LogP contribution in [0, 0.1) is 5.92 Å². The summed E-state index contributed by atoms with van der Waals surface area (Å²) in [7, 11) is 1.61. The Morgan fingerprint density at radius 3 is 2.90 bits per heavy atom. The van der Waals surface area contributed by atoms with Crippen LogP contribution in [0.3, 0.4) is 0 Å². The summed E-state index contributed by atoms with van der Waals surface area (Å²) in [5.41, 5.74) is 1.68. The Hall–Kier alpha value is -3.00. The zero-order chi connectivity index (χ0) is 21.8. The molecule has 0 saturated carbocycles.